The minimum atomic E-state index is 0.336. The third-order valence-corrected chi connectivity index (χ3v) is 5.84. The summed E-state index contributed by atoms with van der Waals surface area (Å²) in [7, 11) is 0. The molecule has 3 rings (SSSR count). The van der Waals surface area contributed by atoms with Gasteiger partial charge in [-0.15, -0.1) is 11.8 Å². The summed E-state index contributed by atoms with van der Waals surface area (Å²) < 4.78 is 0. The Hall–Kier alpha value is -0.960. The van der Waals surface area contributed by atoms with Gasteiger partial charge in [-0.25, -0.2) is 0 Å². The van der Waals surface area contributed by atoms with Crippen LogP contribution in [0.5, 0.6) is 0 Å². The van der Waals surface area contributed by atoms with Gasteiger partial charge in [0.1, 0.15) is 0 Å². The van der Waals surface area contributed by atoms with Crippen molar-refractivity contribution in [2.24, 2.45) is 5.92 Å². The lowest BCUT2D eigenvalue weighted by Crippen LogP contribution is -2.40. The number of piperidine rings is 1. The van der Waals surface area contributed by atoms with Crippen molar-refractivity contribution in [1.82, 2.24) is 4.90 Å². The van der Waals surface area contributed by atoms with Crippen LogP contribution >= 0.6 is 11.8 Å². The maximum absolute atomic E-state index is 12.5. The molecule has 114 valence electrons. The van der Waals surface area contributed by atoms with Crippen LogP contribution in [0.4, 0.5) is 0 Å². The van der Waals surface area contributed by atoms with E-state index in [1.807, 2.05) is 0 Å². The van der Waals surface area contributed by atoms with Gasteiger partial charge in [0.15, 0.2) is 0 Å². The van der Waals surface area contributed by atoms with E-state index in [-0.39, 0.29) is 0 Å². The van der Waals surface area contributed by atoms with Crippen molar-refractivity contribution < 1.29 is 4.79 Å². The molecule has 0 atom stereocenters. The highest BCUT2D eigenvalue weighted by atomic mass is 32.2. The summed E-state index contributed by atoms with van der Waals surface area (Å²) in [5.74, 6) is 1.40. The van der Waals surface area contributed by atoms with Crippen LogP contribution in [0.25, 0.3) is 0 Å². The summed E-state index contributed by atoms with van der Waals surface area (Å²) in [5, 5.41) is 0. The minimum absolute atomic E-state index is 0.336. The van der Waals surface area contributed by atoms with Gasteiger partial charge in [0.2, 0.25) is 5.91 Å². The van der Waals surface area contributed by atoms with Crippen LogP contribution in [-0.2, 0) is 4.79 Å². The Morgan fingerprint density at radius 1 is 1.05 bits per heavy atom. The van der Waals surface area contributed by atoms with E-state index in [0.717, 1.165) is 38.8 Å². The van der Waals surface area contributed by atoms with Crippen molar-refractivity contribution in [3.05, 3.63) is 29.8 Å². The first-order valence-electron chi connectivity index (χ1n) is 8.20. The molecule has 0 radical (unpaired) electrons. The lowest BCUT2D eigenvalue weighted by Gasteiger charge is -2.33. The fourth-order valence-electron chi connectivity index (χ4n) is 3.74. The van der Waals surface area contributed by atoms with E-state index in [0.29, 0.717) is 17.7 Å². The number of hydrogen-bond donors (Lipinski definition) is 0. The Kier molecular flexibility index (Phi) is 4.89. The van der Waals surface area contributed by atoms with Gasteiger partial charge in [-0.1, -0.05) is 25.0 Å². The Morgan fingerprint density at radius 3 is 2.24 bits per heavy atom. The van der Waals surface area contributed by atoms with Gasteiger partial charge in [0.25, 0.3) is 0 Å². The minimum Gasteiger partial charge on any atom is -0.342 e. The molecule has 0 unspecified atom stereocenters. The van der Waals surface area contributed by atoms with Gasteiger partial charge >= 0.3 is 0 Å². The summed E-state index contributed by atoms with van der Waals surface area (Å²) >= 11 is 1.79. The van der Waals surface area contributed by atoms with Crippen LogP contribution in [0.1, 0.15) is 50.0 Å². The highest BCUT2D eigenvalue weighted by molar-refractivity contribution is 7.98. The van der Waals surface area contributed by atoms with E-state index in [9.17, 15) is 4.79 Å². The molecule has 1 heterocycles. The second-order valence-corrected chi connectivity index (χ2v) is 7.23. The maximum Gasteiger partial charge on any atom is 0.225 e. The summed E-state index contributed by atoms with van der Waals surface area (Å²) in [6, 6.07) is 8.97. The zero-order valence-corrected chi connectivity index (χ0v) is 13.7. The fraction of sp³-hybridized carbons (Fsp3) is 0.611. The van der Waals surface area contributed by atoms with E-state index in [1.54, 1.807) is 11.8 Å². The second-order valence-electron chi connectivity index (χ2n) is 6.35. The zero-order chi connectivity index (χ0) is 14.7. The number of benzene rings is 1. The number of carbonyl (C=O) groups is 1. The van der Waals surface area contributed by atoms with E-state index in [2.05, 4.69) is 35.4 Å². The maximum atomic E-state index is 12.5. The average Bonchev–Trinajstić information content (AvgIpc) is 3.09. The first kappa shape index (κ1) is 15.0. The number of nitrogens with zero attached hydrogens (tertiary/aromatic N) is 1. The number of amides is 1. The Labute approximate surface area is 132 Å². The van der Waals surface area contributed by atoms with Crippen molar-refractivity contribution in [2.75, 3.05) is 19.3 Å². The van der Waals surface area contributed by atoms with Crippen molar-refractivity contribution in [3.63, 3.8) is 0 Å². The molecule has 1 amide bonds. The lowest BCUT2D eigenvalue weighted by atomic mass is 9.89. The molecule has 1 saturated heterocycles. The highest BCUT2D eigenvalue weighted by Gasteiger charge is 2.30. The normalized spacial score (nSPS) is 20.9. The van der Waals surface area contributed by atoms with E-state index in [1.165, 1.54) is 23.3 Å². The molecular weight excluding hydrogens is 278 g/mol. The number of carbonyl (C=O) groups excluding carboxylic acids is 1. The Morgan fingerprint density at radius 2 is 1.67 bits per heavy atom. The van der Waals surface area contributed by atoms with Crippen LogP contribution in [-0.4, -0.2) is 30.2 Å². The summed E-state index contributed by atoms with van der Waals surface area (Å²) in [5.41, 5.74) is 1.45. The molecule has 0 aromatic heterocycles. The predicted molar refractivity (Wildman–Crippen MR) is 88.7 cm³/mol. The van der Waals surface area contributed by atoms with Gasteiger partial charge in [0.05, 0.1) is 0 Å². The van der Waals surface area contributed by atoms with E-state index < -0.39 is 0 Å². The van der Waals surface area contributed by atoms with Crippen LogP contribution in [0.15, 0.2) is 29.2 Å². The number of thioether (sulfide) groups is 1. The predicted octanol–water partition coefficient (Wildman–Crippen LogP) is 4.30. The van der Waals surface area contributed by atoms with Gasteiger partial charge in [0, 0.05) is 23.9 Å². The molecule has 2 fully saturated rings. The third kappa shape index (κ3) is 3.45. The Bertz CT molecular complexity index is 470. The molecule has 0 N–H and O–H groups in total. The van der Waals surface area contributed by atoms with Crippen molar-refractivity contribution in [3.8, 4) is 0 Å². The molecule has 1 aromatic carbocycles. The largest absolute Gasteiger partial charge is 0.342 e. The smallest absolute Gasteiger partial charge is 0.225 e. The molecule has 2 nitrogen and oxygen atoms in total. The van der Waals surface area contributed by atoms with Crippen LogP contribution in [0.2, 0.25) is 0 Å². The quantitative estimate of drug-likeness (QED) is 0.776. The van der Waals surface area contributed by atoms with Gasteiger partial charge in [-0.3, -0.25) is 4.79 Å². The molecule has 1 saturated carbocycles. The zero-order valence-electron chi connectivity index (χ0n) is 12.9. The van der Waals surface area contributed by atoms with Crippen LogP contribution in [0, 0.1) is 5.92 Å². The van der Waals surface area contributed by atoms with Crippen LogP contribution < -0.4 is 0 Å². The Balaban J connectivity index is 1.55. The third-order valence-electron chi connectivity index (χ3n) is 5.10. The molecule has 0 bridgehead atoms. The molecule has 21 heavy (non-hydrogen) atoms. The van der Waals surface area contributed by atoms with Crippen molar-refractivity contribution >= 4 is 17.7 Å². The standard InChI is InChI=1S/C18H25NOS/c1-21-17-8-6-14(7-9-17)15-10-12-19(13-11-15)18(20)16-4-2-3-5-16/h6-9,15-16H,2-5,10-13H2,1H3. The lowest BCUT2D eigenvalue weighted by molar-refractivity contribution is -0.136. The molecule has 1 aliphatic carbocycles. The average molecular weight is 303 g/mol. The summed E-state index contributed by atoms with van der Waals surface area (Å²) in [6.45, 7) is 1.90. The van der Waals surface area contributed by atoms with Gasteiger partial charge in [-0.2, -0.15) is 0 Å². The van der Waals surface area contributed by atoms with Crippen LogP contribution in [0.3, 0.4) is 0 Å². The highest BCUT2D eigenvalue weighted by Crippen LogP contribution is 2.32. The molecule has 3 heteroatoms. The van der Waals surface area contributed by atoms with Gasteiger partial charge in [-0.05, 0) is 55.6 Å². The van der Waals surface area contributed by atoms with Crippen molar-refractivity contribution in [2.45, 2.75) is 49.3 Å². The summed E-state index contributed by atoms with van der Waals surface area (Å²) in [4.78, 5) is 15.9. The molecule has 1 aliphatic heterocycles. The van der Waals surface area contributed by atoms with E-state index >= 15 is 0 Å². The molecular formula is C18H25NOS. The monoisotopic (exact) mass is 303 g/mol. The first-order chi connectivity index (χ1) is 10.3. The number of rotatable bonds is 3. The van der Waals surface area contributed by atoms with E-state index in [4.69, 9.17) is 0 Å². The molecule has 0 spiro atoms. The number of hydrogen-bond acceptors (Lipinski definition) is 2. The molecule has 1 aromatic rings. The fourth-order valence-corrected chi connectivity index (χ4v) is 4.15. The summed E-state index contributed by atoms with van der Waals surface area (Å²) in [6.07, 6.45) is 9.09. The van der Waals surface area contributed by atoms with Gasteiger partial charge < -0.3 is 4.90 Å². The molecule has 2 aliphatic rings. The number of likely N-dealkylation sites (tertiary alicyclic amines) is 1. The van der Waals surface area contributed by atoms with Crippen molar-refractivity contribution in [1.29, 1.82) is 0 Å². The topological polar surface area (TPSA) is 20.3 Å². The SMILES string of the molecule is CSc1ccc(C2CCN(C(=O)C3CCCC3)CC2)cc1. The second kappa shape index (κ2) is 6.87. The first-order valence-corrected chi connectivity index (χ1v) is 9.43.